The molecular weight excluding hydrogens is 259 g/mol. The van der Waals surface area contributed by atoms with Crippen LogP contribution in [0.3, 0.4) is 0 Å². The topological polar surface area (TPSA) is 45.5 Å². The zero-order chi connectivity index (χ0) is 14.0. The standard InChI is InChI=1S/C15H21FN2O2/c16-15(14(19)17-8-12-2-3-12)5-1-6-18(11-15)9-13-4-7-20-10-13/h4,7,10,12H,1-3,5-6,8-9,11H2,(H,17,19)/t15-/m0/s1. The fourth-order valence-corrected chi connectivity index (χ4v) is 2.77. The van der Waals surface area contributed by atoms with Crippen LogP contribution in [0.2, 0.25) is 0 Å². The minimum Gasteiger partial charge on any atom is -0.472 e. The normalized spacial score (nSPS) is 27.4. The zero-order valence-corrected chi connectivity index (χ0v) is 11.6. The maximum Gasteiger partial charge on any atom is 0.259 e. The lowest BCUT2D eigenvalue weighted by molar-refractivity contribution is -0.136. The molecule has 1 saturated heterocycles. The molecule has 1 atom stereocenters. The molecule has 0 aromatic carbocycles. The summed E-state index contributed by atoms with van der Waals surface area (Å²) < 4.78 is 19.9. The fourth-order valence-electron chi connectivity index (χ4n) is 2.77. The van der Waals surface area contributed by atoms with Crippen LogP contribution in [0.4, 0.5) is 4.39 Å². The van der Waals surface area contributed by atoms with E-state index in [4.69, 9.17) is 4.42 Å². The maximum absolute atomic E-state index is 14.8. The maximum atomic E-state index is 14.8. The largest absolute Gasteiger partial charge is 0.472 e. The first-order valence-electron chi connectivity index (χ1n) is 7.36. The van der Waals surface area contributed by atoms with E-state index in [-0.39, 0.29) is 6.54 Å². The van der Waals surface area contributed by atoms with Crippen molar-refractivity contribution >= 4 is 5.91 Å². The third kappa shape index (κ3) is 3.20. The van der Waals surface area contributed by atoms with Gasteiger partial charge in [-0.1, -0.05) is 0 Å². The number of nitrogens with one attached hydrogen (secondary N) is 1. The second kappa shape index (κ2) is 5.56. The molecule has 1 amide bonds. The van der Waals surface area contributed by atoms with Gasteiger partial charge in [0.05, 0.1) is 12.5 Å². The van der Waals surface area contributed by atoms with Crippen molar-refractivity contribution in [3.8, 4) is 0 Å². The molecule has 2 aliphatic rings. The minimum absolute atomic E-state index is 0.175. The molecule has 0 bridgehead atoms. The molecule has 1 aliphatic carbocycles. The van der Waals surface area contributed by atoms with Gasteiger partial charge in [0.25, 0.3) is 5.91 Å². The van der Waals surface area contributed by atoms with Crippen molar-refractivity contribution in [2.75, 3.05) is 19.6 Å². The summed E-state index contributed by atoms with van der Waals surface area (Å²) in [5.74, 6) is 0.148. The number of alkyl halides is 1. The van der Waals surface area contributed by atoms with E-state index < -0.39 is 11.6 Å². The number of furan rings is 1. The molecule has 20 heavy (non-hydrogen) atoms. The summed E-state index contributed by atoms with van der Waals surface area (Å²) in [4.78, 5) is 14.1. The van der Waals surface area contributed by atoms with E-state index in [1.807, 2.05) is 11.0 Å². The van der Waals surface area contributed by atoms with Gasteiger partial charge in [-0.15, -0.1) is 0 Å². The highest BCUT2D eigenvalue weighted by Gasteiger charge is 2.42. The Labute approximate surface area is 118 Å². The predicted molar refractivity (Wildman–Crippen MR) is 72.8 cm³/mol. The number of halogens is 1. The number of hydrogen-bond donors (Lipinski definition) is 1. The van der Waals surface area contributed by atoms with Crippen LogP contribution in [-0.4, -0.2) is 36.1 Å². The van der Waals surface area contributed by atoms with E-state index in [2.05, 4.69) is 5.32 Å². The second-order valence-corrected chi connectivity index (χ2v) is 6.06. The molecule has 1 saturated carbocycles. The molecule has 1 aliphatic heterocycles. The SMILES string of the molecule is O=C(NCC1CC1)[C@]1(F)CCCN(Cc2ccoc2)C1. The van der Waals surface area contributed by atoms with E-state index in [1.165, 1.54) is 0 Å². The lowest BCUT2D eigenvalue weighted by Gasteiger charge is -2.36. The summed E-state index contributed by atoms with van der Waals surface area (Å²) in [7, 11) is 0. The summed E-state index contributed by atoms with van der Waals surface area (Å²) in [5.41, 5.74) is -0.718. The van der Waals surface area contributed by atoms with Gasteiger partial charge in [0.1, 0.15) is 0 Å². The summed E-state index contributed by atoms with van der Waals surface area (Å²) in [6.07, 6.45) is 6.64. The van der Waals surface area contributed by atoms with Crippen molar-refractivity contribution in [2.45, 2.75) is 37.9 Å². The number of carbonyl (C=O) groups excluding carboxylic acids is 1. The summed E-state index contributed by atoms with van der Waals surface area (Å²) in [5, 5.41) is 2.78. The van der Waals surface area contributed by atoms with E-state index in [1.54, 1.807) is 12.5 Å². The molecule has 0 unspecified atom stereocenters. The van der Waals surface area contributed by atoms with E-state index in [0.717, 1.165) is 24.9 Å². The third-order valence-corrected chi connectivity index (χ3v) is 4.16. The minimum atomic E-state index is -1.74. The molecule has 3 rings (SSSR count). The van der Waals surface area contributed by atoms with Gasteiger partial charge < -0.3 is 9.73 Å². The number of rotatable bonds is 5. The first-order valence-corrected chi connectivity index (χ1v) is 7.36. The van der Waals surface area contributed by atoms with Crippen LogP contribution in [0.5, 0.6) is 0 Å². The Balaban J connectivity index is 1.55. The predicted octanol–water partition coefficient (Wildman–Crippen LogP) is 2.11. The van der Waals surface area contributed by atoms with Crippen LogP contribution in [0.25, 0.3) is 0 Å². The van der Waals surface area contributed by atoms with Crippen molar-refractivity contribution in [3.63, 3.8) is 0 Å². The van der Waals surface area contributed by atoms with E-state index in [0.29, 0.717) is 31.8 Å². The lowest BCUT2D eigenvalue weighted by Crippen LogP contribution is -2.54. The summed E-state index contributed by atoms with van der Waals surface area (Å²) >= 11 is 0. The molecule has 1 aromatic rings. The molecule has 4 nitrogen and oxygen atoms in total. The average molecular weight is 280 g/mol. The van der Waals surface area contributed by atoms with E-state index >= 15 is 0 Å². The van der Waals surface area contributed by atoms with Gasteiger partial charge in [-0.3, -0.25) is 9.69 Å². The number of nitrogens with zero attached hydrogens (tertiary/aromatic N) is 1. The summed E-state index contributed by atoms with van der Waals surface area (Å²) in [6, 6.07) is 1.88. The number of carbonyl (C=O) groups is 1. The molecule has 0 radical (unpaired) electrons. The first kappa shape index (κ1) is 13.6. The molecule has 1 aromatic heterocycles. The summed E-state index contributed by atoms with van der Waals surface area (Å²) in [6.45, 7) is 2.27. The van der Waals surface area contributed by atoms with Crippen molar-refractivity contribution in [1.82, 2.24) is 10.2 Å². The number of piperidine rings is 1. The number of amides is 1. The highest BCUT2D eigenvalue weighted by molar-refractivity contribution is 5.85. The van der Waals surface area contributed by atoms with Crippen LogP contribution < -0.4 is 5.32 Å². The Morgan fingerprint density at radius 3 is 3.10 bits per heavy atom. The molecule has 2 fully saturated rings. The third-order valence-electron chi connectivity index (χ3n) is 4.16. The molecule has 2 heterocycles. The quantitative estimate of drug-likeness (QED) is 0.898. The smallest absolute Gasteiger partial charge is 0.259 e. The van der Waals surface area contributed by atoms with Gasteiger partial charge in [0, 0.05) is 25.2 Å². The molecule has 0 spiro atoms. The molecule has 1 N–H and O–H groups in total. The number of hydrogen-bond acceptors (Lipinski definition) is 3. The van der Waals surface area contributed by atoms with Gasteiger partial charge in [-0.05, 0) is 44.2 Å². The van der Waals surface area contributed by atoms with Gasteiger partial charge in [-0.2, -0.15) is 0 Å². The van der Waals surface area contributed by atoms with Gasteiger partial charge in [0.15, 0.2) is 0 Å². The molecular formula is C15H21FN2O2. The molecule has 110 valence electrons. The van der Waals surface area contributed by atoms with Crippen molar-refractivity contribution in [1.29, 1.82) is 0 Å². The Kier molecular flexibility index (Phi) is 3.78. The van der Waals surface area contributed by atoms with Crippen molar-refractivity contribution < 1.29 is 13.6 Å². The van der Waals surface area contributed by atoms with Gasteiger partial charge in [0.2, 0.25) is 5.67 Å². The lowest BCUT2D eigenvalue weighted by atomic mass is 9.93. The van der Waals surface area contributed by atoms with Crippen LogP contribution in [0.15, 0.2) is 23.0 Å². The van der Waals surface area contributed by atoms with Crippen molar-refractivity contribution in [2.24, 2.45) is 5.92 Å². The fraction of sp³-hybridized carbons (Fsp3) is 0.667. The first-order chi connectivity index (χ1) is 9.66. The monoisotopic (exact) mass is 280 g/mol. The van der Waals surface area contributed by atoms with Gasteiger partial charge in [-0.25, -0.2) is 4.39 Å². The Morgan fingerprint density at radius 2 is 2.40 bits per heavy atom. The zero-order valence-electron chi connectivity index (χ0n) is 11.6. The Bertz CT molecular complexity index is 458. The molecule has 5 heteroatoms. The second-order valence-electron chi connectivity index (χ2n) is 6.06. The Morgan fingerprint density at radius 1 is 1.55 bits per heavy atom. The average Bonchev–Trinajstić information content (AvgIpc) is 3.13. The number of likely N-dealkylation sites (tertiary alicyclic amines) is 1. The van der Waals surface area contributed by atoms with Gasteiger partial charge >= 0.3 is 0 Å². The van der Waals surface area contributed by atoms with Crippen LogP contribution in [-0.2, 0) is 11.3 Å². The van der Waals surface area contributed by atoms with Crippen LogP contribution in [0.1, 0.15) is 31.2 Å². The Hall–Kier alpha value is -1.36. The van der Waals surface area contributed by atoms with Crippen molar-refractivity contribution in [3.05, 3.63) is 24.2 Å². The van der Waals surface area contributed by atoms with Crippen LogP contribution >= 0.6 is 0 Å². The highest BCUT2D eigenvalue weighted by Crippen LogP contribution is 2.30. The highest BCUT2D eigenvalue weighted by atomic mass is 19.1. The van der Waals surface area contributed by atoms with E-state index in [9.17, 15) is 9.18 Å². The van der Waals surface area contributed by atoms with Crippen LogP contribution in [0, 0.1) is 5.92 Å².